The molecule has 0 aromatic carbocycles. The smallest absolute Gasteiger partial charge is 0.325 e. The summed E-state index contributed by atoms with van der Waals surface area (Å²) < 4.78 is 0. The first-order chi connectivity index (χ1) is 8.14. The van der Waals surface area contributed by atoms with Gasteiger partial charge in [0.1, 0.15) is 5.54 Å². The van der Waals surface area contributed by atoms with Crippen LogP contribution in [0.3, 0.4) is 0 Å². The highest BCUT2D eigenvalue weighted by Crippen LogP contribution is 2.25. The first-order valence-corrected chi connectivity index (χ1v) is 6.49. The topological polar surface area (TPSA) is 75.4 Å². The van der Waals surface area contributed by atoms with Crippen molar-refractivity contribution in [2.45, 2.75) is 46.1 Å². The molecule has 3 amide bonds. The van der Waals surface area contributed by atoms with Gasteiger partial charge in [0.25, 0.3) is 5.91 Å². The van der Waals surface area contributed by atoms with E-state index in [4.69, 9.17) is 18.0 Å². The Balaban J connectivity index is 2.73. The summed E-state index contributed by atoms with van der Waals surface area (Å²) in [6, 6.07) is -0.330. The molecule has 1 saturated heterocycles. The van der Waals surface area contributed by atoms with Crippen molar-refractivity contribution in [2.24, 2.45) is 11.1 Å². The molecule has 1 rings (SSSR count). The van der Waals surface area contributed by atoms with Crippen LogP contribution in [0, 0.1) is 5.41 Å². The van der Waals surface area contributed by atoms with Gasteiger partial charge in [-0.25, -0.2) is 4.79 Å². The van der Waals surface area contributed by atoms with Crippen molar-refractivity contribution in [2.75, 3.05) is 6.54 Å². The minimum atomic E-state index is -0.773. The van der Waals surface area contributed by atoms with E-state index in [0.29, 0.717) is 24.4 Å². The number of imide groups is 1. The van der Waals surface area contributed by atoms with Crippen LogP contribution in [0.5, 0.6) is 0 Å². The average molecular weight is 271 g/mol. The minimum Gasteiger partial charge on any atom is -0.393 e. The number of carbonyl (C=O) groups is 2. The third kappa shape index (κ3) is 2.63. The van der Waals surface area contributed by atoms with Crippen molar-refractivity contribution in [3.05, 3.63) is 0 Å². The average Bonchev–Trinajstić information content (AvgIpc) is 2.48. The summed E-state index contributed by atoms with van der Waals surface area (Å²) in [7, 11) is 0. The molecule has 0 bridgehead atoms. The molecule has 1 aliphatic heterocycles. The van der Waals surface area contributed by atoms with Gasteiger partial charge in [0.2, 0.25) is 0 Å². The van der Waals surface area contributed by atoms with Crippen molar-refractivity contribution >= 4 is 29.1 Å². The Bertz CT molecular complexity index is 395. The minimum absolute atomic E-state index is 0.172. The molecule has 3 N–H and O–H groups in total. The molecule has 0 aromatic rings. The zero-order valence-corrected chi connectivity index (χ0v) is 12.2. The predicted molar refractivity (Wildman–Crippen MR) is 74.1 cm³/mol. The highest BCUT2D eigenvalue weighted by molar-refractivity contribution is 7.80. The molecule has 102 valence electrons. The Morgan fingerprint density at radius 2 is 2.06 bits per heavy atom. The molecule has 0 aliphatic carbocycles. The van der Waals surface area contributed by atoms with Gasteiger partial charge in [0.15, 0.2) is 0 Å². The second-order valence-electron chi connectivity index (χ2n) is 5.57. The lowest BCUT2D eigenvalue weighted by atomic mass is 9.89. The fraction of sp³-hybridized carbons (Fsp3) is 0.750. The van der Waals surface area contributed by atoms with Crippen LogP contribution in [-0.4, -0.2) is 33.9 Å². The second-order valence-corrected chi connectivity index (χ2v) is 6.01. The molecular weight excluding hydrogens is 250 g/mol. The van der Waals surface area contributed by atoms with E-state index in [2.05, 4.69) is 5.32 Å². The summed E-state index contributed by atoms with van der Waals surface area (Å²) in [4.78, 5) is 25.6. The Hall–Kier alpha value is -1.17. The van der Waals surface area contributed by atoms with Crippen LogP contribution >= 0.6 is 12.2 Å². The van der Waals surface area contributed by atoms with E-state index in [0.717, 1.165) is 0 Å². The van der Waals surface area contributed by atoms with Gasteiger partial charge in [-0.3, -0.25) is 9.69 Å². The first kappa shape index (κ1) is 14.9. The summed E-state index contributed by atoms with van der Waals surface area (Å²) in [5.74, 6) is -0.172. The van der Waals surface area contributed by atoms with E-state index in [-0.39, 0.29) is 17.4 Å². The molecule has 1 unspecified atom stereocenters. The third-order valence-corrected chi connectivity index (χ3v) is 4.23. The Labute approximate surface area is 113 Å². The van der Waals surface area contributed by atoms with E-state index < -0.39 is 5.54 Å². The van der Waals surface area contributed by atoms with E-state index in [1.807, 2.05) is 20.8 Å². The number of rotatable bonds is 5. The molecule has 1 aliphatic rings. The van der Waals surface area contributed by atoms with Crippen molar-refractivity contribution in [1.82, 2.24) is 10.2 Å². The molecule has 6 heteroatoms. The zero-order valence-electron chi connectivity index (χ0n) is 11.4. The normalized spacial score (nSPS) is 24.3. The summed E-state index contributed by atoms with van der Waals surface area (Å²) in [6.45, 7) is 7.77. The molecule has 18 heavy (non-hydrogen) atoms. The molecule has 0 aromatic heterocycles. The number of nitrogens with zero attached hydrogens (tertiary/aromatic N) is 1. The van der Waals surface area contributed by atoms with Crippen LogP contribution < -0.4 is 11.1 Å². The van der Waals surface area contributed by atoms with E-state index in [9.17, 15) is 9.59 Å². The Morgan fingerprint density at radius 1 is 1.50 bits per heavy atom. The second kappa shape index (κ2) is 4.84. The van der Waals surface area contributed by atoms with Gasteiger partial charge in [-0.05, 0) is 19.8 Å². The molecule has 0 saturated carbocycles. The number of amides is 3. The molecule has 0 radical (unpaired) electrons. The maximum Gasteiger partial charge on any atom is 0.325 e. The van der Waals surface area contributed by atoms with Gasteiger partial charge < -0.3 is 11.1 Å². The van der Waals surface area contributed by atoms with Gasteiger partial charge in [-0.15, -0.1) is 0 Å². The van der Waals surface area contributed by atoms with Gasteiger partial charge in [-0.2, -0.15) is 0 Å². The summed E-state index contributed by atoms with van der Waals surface area (Å²) in [5, 5.41) is 2.72. The number of urea groups is 1. The number of hydrogen-bond acceptors (Lipinski definition) is 3. The van der Waals surface area contributed by atoms with Gasteiger partial charge >= 0.3 is 6.03 Å². The number of nitrogens with one attached hydrogen (secondary N) is 1. The molecule has 5 nitrogen and oxygen atoms in total. The van der Waals surface area contributed by atoms with Crippen molar-refractivity contribution < 1.29 is 9.59 Å². The summed E-state index contributed by atoms with van der Waals surface area (Å²) >= 11 is 4.97. The zero-order chi connectivity index (χ0) is 14.1. The fourth-order valence-corrected chi connectivity index (χ4v) is 1.81. The van der Waals surface area contributed by atoms with Gasteiger partial charge in [-0.1, -0.05) is 33.0 Å². The lowest BCUT2D eigenvalue weighted by molar-refractivity contribution is -0.131. The summed E-state index contributed by atoms with van der Waals surface area (Å²) in [6.07, 6.45) is 1.15. The van der Waals surface area contributed by atoms with E-state index >= 15 is 0 Å². The highest BCUT2D eigenvalue weighted by atomic mass is 32.1. The fourth-order valence-electron chi connectivity index (χ4n) is 1.70. The number of carbonyl (C=O) groups excluding carboxylic acids is 2. The highest BCUT2D eigenvalue weighted by Gasteiger charge is 2.46. The van der Waals surface area contributed by atoms with Crippen LogP contribution in [0.1, 0.15) is 40.5 Å². The number of hydrogen-bond donors (Lipinski definition) is 2. The molecular formula is C12H21N3O2S. The monoisotopic (exact) mass is 271 g/mol. The molecule has 1 fully saturated rings. The predicted octanol–water partition coefficient (Wildman–Crippen LogP) is 1.41. The Kier molecular flexibility index (Phi) is 4.00. The van der Waals surface area contributed by atoms with Crippen LogP contribution in [-0.2, 0) is 4.79 Å². The summed E-state index contributed by atoms with van der Waals surface area (Å²) in [5.41, 5.74) is 4.50. The molecule has 1 atom stereocenters. The first-order valence-electron chi connectivity index (χ1n) is 6.08. The van der Waals surface area contributed by atoms with Crippen molar-refractivity contribution in [3.8, 4) is 0 Å². The molecule has 1 heterocycles. The molecule has 0 spiro atoms. The lowest BCUT2D eigenvalue weighted by Crippen LogP contribution is -2.43. The largest absolute Gasteiger partial charge is 0.393 e. The number of thiocarbonyl (C=S) groups is 1. The lowest BCUT2D eigenvalue weighted by Gasteiger charge is -2.25. The quantitative estimate of drug-likeness (QED) is 0.585. The van der Waals surface area contributed by atoms with Gasteiger partial charge in [0.05, 0.1) is 4.99 Å². The van der Waals surface area contributed by atoms with Crippen LogP contribution in [0.15, 0.2) is 0 Å². The van der Waals surface area contributed by atoms with Crippen molar-refractivity contribution in [3.63, 3.8) is 0 Å². The number of nitrogens with two attached hydrogens (primary N) is 1. The van der Waals surface area contributed by atoms with E-state index in [1.54, 1.807) is 6.92 Å². The van der Waals surface area contributed by atoms with Crippen LogP contribution in [0.25, 0.3) is 0 Å². The third-order valence-electron chi connectivity index (χ3n) is 3.68. The van der Waals surface area contributed by atoms with Crippen molar-refractivity contribution in [1.29, 1.82) is 0 Å². The SMILES string of the molecule is CCC1(C)NC(=O)N(CCC(C)(C)C(N)=S)C1=O. The maximum absolute atomic E-state index is 12.1. The Morgan fingerprint density at radius 3 is 2.44 bits per heavy atom. The standard InChI is InChI=1S/C12H21N3O2S/c1-5-12(4)9(16)15(10(17)14-12)7-6-11(2,3)8(13)18/h5-7H2,1-4H3,(H2,13,18)(H,14,17). The maximum atomic E-state index is 12.1. The van der Waals surface area contributed by atoms with Gasteiger partial charge in [0, 0.05) is 12.0 Å². The van der Waals surface area contributed by atoms with Crippen LogP contribution in [0.4, 0.5) is 4.79 Å². The van der Waals surface area contributed by atoms with Crippen LogP contribution in [0.2, 0.25) is 0 Å². The van der Waals surface area contributed by atoms with E-state index in [1.165, 1.54) is 4.90 Å².